The number of ketones is 1. The number of benzene rings is 2. The van der Waals surface area contributed by atoms with E-state index in [0.717, 1.165) is 62.3 Å². The van der Waals surface area contributed by atoms with Gasteiger partial charge in [0, 0.05) is 61.4 Å². The van der Waals surface area contributed by atoms with E-state index in [1.807, 2.05) is 59.5 Å². The van der Waals surface area contributed by atoms with Crippen LogP contribution < -0.4 is 14.2 Å². The Morgan fingerprint density at radius 2 is 1.69 bits per heavy atom. The lowest BCUT2D eigenvalue weighted by atomic mass is 9.77. The van der Waals surface area contributed by atoms with Gasteiger partial charge in [-0.3, -0.25) is 23.9 Å². The van der Waals surface area contributed by atoms with Gasteiger partial charge >= 0.3 is 0 Å². The van der Waals surface area contributed by atoms with Crippen LogP contribution in [0.1, 0.15) is 89.9 Å². The molecule has 5 atom stereocenters. The number of nitrogens with one attached hydrogen (secondary N) is 1. The van der Waals surface area contributed by atoms with Gasteiger partial charge in [-0.25, -0.2) is 13.4 Å². The molecule has 314 valence electrons. The zero-order valence-electron chi connectivity index (χ0n) is 34.0. The van der Waals surface area contributed by atoms with Crippen LogP contribution in [0.25, 0.3) is 22.2 Å². The summed E-state index contributed by atoms with van der Waals surface area (Å²) in [5, 5.41) is 0.141. The summed E-state index contributed by atoms with van der Waals surface area (Å²) in [6.07, 6.45) is 9.99. The Morgan fingerprint density at radius 3 is 2.37 bits per heavy atom. The van der Waals surface area contributed by atoms with Gasteiger partial charge in [0.1, 0.15) is 17.6 Å². The number of hydrogen-bond acceptors (Lipinski definition) is 9. The predicted molar refractivity (Wildman–Crippen MR) is 224 cm³/mol. The highest BCUT2D eigenvalue weighted by Crippen LogP contribution is 2.57. The number of carbonyl (C=O) groups excluding carboxylic acids is 4. The van der Waals surface area contributed by atoms with Gasteiger partial charge in [0.25, 0.3) is 0 Å². The fourth-order valence-electron chi connectivity index (χ4n) is 9.74. The van der Waals surface area contributed by atoms with Crippen LogP contribution in [-0.2, 0) is 29.2 Å². The third-order valence-corrected chi connectivity index (χ3v) is 15.3. The molecule has 13 heteroatoms. The van der Waals surface area contributed by atoms with Gasteiger partial charge in [0.2, 0.25) is 27.7 Å². The molecule has 0 spiro atoms. The van der Waals surface area contributed by atoms with Crippen molar-refractivity contribution in [2.75, 3.05) is 26.7 Å². The number of pyridine rings is 1. The van der Waals surface area contributed by atoms with Crippen LogP contribution in [0.5, 0.6) is 11.5 Å². The van der Waals surface area contributed by atoms with Crippen molar-refractivity contribution in [2.24, 2.45) is 23.2 Å². The Bertz CT molecular complexity index is 2200. The van der Waals surface area contributed by atoms with E-state index < -0.39 is 44.7 Å². The minimum atomic E-state index is -3.85. The van der Waals surface area contributed by atoms with Crippen molar-refractivity contribution >= 4 is 44.4 Å². The molecule has 3 aromatic rings. The number of aromatic nitrogens is 1. The predicted octanol–water partition coefficient (Wildman–Crippen LogP) is 6.62. The SMILES string of the molecule is C=CC1CC1(CC(=O)C1C[C@@H](Oc2cc(-c3ccccc3)nc3cc(OC)ccc23)CN1C(=O)[C@@H](CC(=O)N1CCCCC1)C1CCCCC1)C(=O)NS(=O)(=O)C1CC1. The second kappa shape index (κ2) is 17.1. The molecule has 3 heterocycles. The molecular formula is C46H56N4O8S. The molecule has 3 amide bonds. The third-order valence-electron chi connectivity index (χ3n) is 13.5. The van der Waals surface area contributed by atoms with Crippen LogP contribution in [0.4, 0.5) is 0 Å². The number of likely N-dealkylation sites (tertiary alicyclic amines) is 2. The summed E-state index contributed by atoms with van der Waals surface area (Å²) in [6, 6.07) is 16.3. The number of amides is 3. The molecule has 3 aliphatic carbocycles. The van der Waals surface area contributed by atoms with Gasteiger partial charge in [-0.05, 0) is 75.3 Å². The molecule has 8 rings (SSSR count). The average molecular weight is 825 g/mol. The van der Waals surface area contributed by atoms with Crippen LogP contribution >= 0.6 is 0 Å². The Labute approximate surface area is 347 Å². The molecule has 1 N–H and O–H groups in total. The first-order valence-corrected chi connectivity index (χ1v) is 23.0. The Morgan fingerprint density at radius 1 is 0.966 bits per heavy atom. The highest BCUT2D eigenvalue weighted by atomic mass is 32.2. The number of Topliss-reactive ketones (excluding diaryl/α,β-unsaturated/α-hetero) is 1. The van der Waals surface area contributed by atoms with E-state index in [-0.39, 0.29) is 55.2 Å². The first-order valence-electron chi connectivity index (χ1n) is 21.5. The molecule has 5 aliphatic rings. The third kappa shape index (κ3) is 8.76. The zero-order chi connectivity index (χ0) is 41.3. The maximum absolute atomic E-state index is 15.2. The molecule has 5 fully saturated rings. The lowest BCUT2D eigenvalue weighted by molar-refractivity contribution is -0.147. The second-order valence-corrected chi connectivity index (χ2v) is 19.4. The molecule has 3 unspecified atom stereocenters. The van der Waals surface area contributed by atoms with Gasteiger partial charge in [0.05, 0.1) is 41.6 Å². The number of piperidine rings is 1. The molecular weight excluding hydrogens is 769 g/mol. The number of sulfonamides is 1. The maximum Gasteiger partial charge on any atom is 0.240 e. The number of carbonyl (C=O) groups is 4. The summed E-state index contributed by atoms with van der Waals surface area (Å²) >= 11 is 0. The number of rotatable bonds is 15. The second-order valence-electron chi connectivity index (χ2n) is 17.4. The van der Waals surface area contributed by atoms with Crippen molar-refractivity contribution in [3.8, 4) is 22.8 Å². The molecule has 12 nitrogen and oxygen atoms in total. The highest BCUT2D eigenvalue weighted by molar-refractivity contribution is 7.90. The van der Waals surface area contributed by atoms with E-state index in [2.05, 4.69) is 11.3 Å². The number of hydrogen-bond donors (Lipinski definition) is 1. The van der Waals surface area contributed by atoms with Crippen LogP contribution in [0, 0.1) is 23.2 Å². The fraction of sp³-hybridized carbons (Fsp3) is 0.543. The normalized spacial score (nSPS) is 25.3. The summed E-state index contributed by atoms with van der Waals surface area (Å²) in [5.41, 5.74) is 0.963. The van der Waals surface area contributed by atoms with Gasteiger partial charge < -0.3 is 19.3 Å². The molecule has 3 saturated carbocycles. The van der Waals surface area contributed by atoms with E-state index in [1.165, 1.54) is 0 Å². The molecule has 2 aliphatic heterocycles. The van der Waals surface area contributed by atoms with Crippen molar-refractivity contribution in [1.82, 2.24) is 19.5 Å². The van der Waals surface area contributed by atoms with Crippen molar-refractivity contribution < 1.29 is 37.1 Å². The summed E-state index contributed by atoms with van der Waals surface area (Å²) in [4.78, 5) is 66.0. The molecule has 2 aromatic carbocycles. The standard InChI is InChI=1S/C46H56N4O8S/c1-3-32-27-46(32,45(54)48-59(55,56)35-18-19-35)28-41(51)40-24-34(58-42-26-38(31-15-9-5-10-16-31)47-39-23-33(57-2)17-20-36(39)42)29-50(40)44(53)37(30-13-7-4-8-14-30)25-43(52)49-21-11-6-12-22-49/h3,5,9-10,15-17,20,23,26,30,32,34-35,37,40H,1,4,6-8,11-14,18-19,21-22,24-25,27-29H2,2H3,(H,48,54)/t32?,34-,37+,40?,46?/m1/s1. The Kier molecular flexibility index (Phi) is 11.9. The number of fused-ring (bicyclic) bond motifs is 1. The van der Waals surface area contributed by atoms with E-state index in [9.17, 15) is 22.8 Å². The molecule has 0 bridgehead atoms. The highest BCUT2D eigenvalue weighted by Gasteiger charge is 2.61. The van der Waals surface area contributed by atoms with Gasteiger partial charge in [0.15, 0.2) is 5.78 Å². The minimum absolute atomic E-state index is 0.00610. The Hall–Kier alpha value is -4.78. The summed E-state index contributed by atoms with van der Waals surface area (Å²) in [7, 11) is -2.26. The average Bonchev–Trinajstić information content (AvgIpc) is 4.20. The number of allylic oxidation sites excluding steroid dienone is 1. The van der Waals surface area contributed by atoms with Crippen molar-refractivity contribution in [3.63, 3.8) is 0 Å². The van der Waals surface area contributed by atoms with Gasteiger partial charge in [-0.15, -0.1) is 6.58 Å². The number of ether oxygens (including phenoxy) is 2. The summed E-state index contributed by atoms with van der Waals surface area (Å²) in [5.74, 6) is -1.06. The molecule has 0 radical (unpaired) electrons. The van der Waals surface area contributed by atoms with Crippen molar-refractivity contribution in [3.05, 3.63) is 67.3 Å². The van der Waals surface area contributed by atoms with E-state index in [1.54, 1.807) is 18.1 Å². The van der Waals surface area contributed by atoms with Gasteiger partial charge in [-0.1, -0.05) is 55.7 Å². The molecule has 2 saturated heterocycles. The number of methoxy groups -OCH3 is 1. The summed E-state index contributed by atoms with van der Waals surface area (Å²) < 4.78 is 40.4. The van der Waals surface area contributed by atoms with Gasteiger partial charge in [-0.2, -0.15) is 0 Å². The zero-order valence-corrected chi connectivity index (χ0v) is 34.8. The van der Waals surface area contributed by atoms with Crippen molar-refractivity contribution in [2.45, 2.75) is 107 Å². The van der Waals surface area contributed by atoms with Crippen LogP contribution in [0.2, 0.25) is 0 Å². The van der Waals surface area contributed by atoms with E-state index in [4.69, 9.17) is 14.5 Å². The summed E-state index contributed by atoms with van der Waals surface area (Å²) in [6.45, 7) is 5.37. The topological polar surface area (TPSA) is 152 Å². The molecule has 59 heavy (non-hydrogen) atoms. The Balaban J connectivity index is 1.12. The van der Waals surface area contributed by atoms with E-state index >= 15 is 4.79 Å². The monoisotopic (exact) mass is 824 g/mol. The van der Waals surface area contributed by atoms with Crippen LogP contribution in [0.15, 0.2) is 67.3 Å². The largest absolute Gasteiger partial charge is 0.497 e. The van der Waals surface area contributed by atoms with Crippen LogP contribution in [0.3, 0.4) is 0 Å². The first-order chi connectivity index (χ1) is 28.5. The lowest BCUT2D eigenvalue weighted by Crippen LogP contribution is -2.48. The number of nitrogens with zero attached hydrogens (tertiary/aromatic N) is 3. The van der Waals surface area contributed by atoms with Crippen LogP contribution in [-0.4, -0.2) is 90.8 Å². The quantitative estimate of drug-likeness (QED) is 0.167. The van der Waals surface area contributed by atoms with Crippen molar-refractivity contribution in [1.29, 1.82) is 0 Å². The fourth-order valence-corrected chi connectivity index (χ4v) is 11.1. The van der Waals surface area contributed by atoms with E-state index in [0.29, 0.717) is 55.1 Å². The molecule has 1 aromatic heterocycles. The smallest absolute Gasteiger partial charge is 0.240 e. The first kappa shape index (κ1) is 41.0. The minimum Gasteiger partial charge on any atom is -0.497 e. The lowest BCUT2D eigenvalue weighted by Gasteiger charge is -2.36. The maximum atomic E-state index is 15.2.